The van der Waals surface area contributed by atoms with Crippen molar-refractivity contribution < 1.29 is 4.74 Å². The third kappa shape index (κ3) is 4.18. The molecule has 4 heteroatoms. The van der Waals surface area contributed by atoms with Crippen LogP contribution in [0.4, 0.5) is 5.82 Å². The summed E-state index contributed by atoms with van der Waals surface area (Å²) >= 11 is 0. The lowest BCUT2D eigenvalue weighted by molar-refractivity contribution is 0.0820. The average Bonchev–Trinajstić information content (AvgIpc) is 2.64. The molecule has 4 nitrogen and oxygen atoms in total. The van der Waals surface area contributed by atoms with Crippen molar-refractivity contribution in [2.45, 2.75) is 46.3 Å². The number of hydrogen-bond donors (Lipinski definition) is 1. The first-order chi connectivity index (χ1) is 9.70. The highest BCUT2D eigenvalue weighted by Gasteiger charge is 2.17. The molecule has 1 aliphatic rings. The predicted molar refractivity (Wildman–Crippen MR) is 83.2 cm³/mol. The van der Waals surface area contributed by atoms with Gasteiger partial charge < -0.3 is 15.0 Å². The Bertz CT molecular complexity index is 422. The number of aryl methyl sites for hydroxylation is 1. The average molecular weight is 277 g/mol. The van der Waals surface area contributed by atoms with Gasteiger partial charge in [-0.15, -0.1) is 0 Å². The van der Waals surface area contributed by atoms with Gasteiger partial charge in [0.25, 0.3) is 0 Å². The molecule has 112 valence electrons. The Hall–Kier alpha value is -1.13. The zero-order valence-corrected chi connectivity index (χ0v) is 13.0. The topological polar surface area (TPSA) is 37.4 Å². The lowest BCUT2D eigenvalue weighted by Crippen LogP contribution is -2.31. The number of hydrogen-bond acceptors (Lipinski definition) is 4. The van der Waals surface area contributed by atoms with E-state index in [-0.39, 0.29) is 6.10 Å². The van der Waals surface area contributed by atoms with Crippen LogP contribution < -0.4 is 10.2 Å². The number of nitrogens with one attached hydrogen (secondary N) is 1. The van der Waals surface area contributed by atoms with Crippen molar-refractivity contribution in [3.8, 4) is 0 Å². The van der Waals surface area contributed by atoms with Crippen molar-refractivity contribution in [3.63, 3.8) is 0 Å². The molecule has 0 amide bonds. The molecule has 1 unspecified atom stereocenters. The fraction of sp³-hybridized carbons (Fsp3) is 0.688. The van der Waals surface area contributed by atoms with Crippen LogP contribution in [0.5, 0.6) is 0 Å². The zero-order valence-electron chi connectivity index (χ0n) is 13.0. The number of anilines is 1. The molecule has 0 spiro atoms. The Labute approximate surface area is 122 Å². The van der Waals surface area contributed by atoms with Gasteiger partial charge in [0.2, 0.25) is 0 Å². The zero-order chi connectivity index (χ0) is 14.4. The Balaban J connectivity index is 2.04. The summed E-state index contributed by atoms with van der Waals surface area (Å²) in [5.41, 5.74) is 2.52. The van der Waals surface area contributed by atoms with Crippen molar-refractivity contribution in [3.05, 3.63) is 23.4 Å². The Morgan fingerprint density at radius 1 is 1.50 bits per heavy atom. The quantitative estimate of drug-likeness (QED) is 0.839. The highest BCUT2D eigenvalue weighted by molar-refractivity contribution is 5.47. The highest BCUT2D eigenvalue weighted by atomic mass is 16.5. The summed E-state index contributed by atoms with van der Waals surface area (Å²) in [5, 5.41) is 3.42. The molecule has 0 radical (unpaired) electrons. The summed E-state index contributed by atoms with van der Waals surface area (Å²) < 4.78 is 5.70. The lowest BCUT2D eigenvalue weighted by atomic mass is 10.2. The van der Waals surface area contributed by atoms with Crippen LogP contribution in [0.15, 0.2) is 12.3 Å². The molecule has 0 aliphatic carbocycles. The van der Waals surface area contributed by atoms with E-state index in [1.807, 2.05) is 6.20 Å². The van der Waals surface area contributed by atoms with Gasteiger partial charge in [-0.2, -0.15) is 0 Å². The summed E-state index contributed by atoms with van der Waals surface area (Å²) in [6.07, 6.45) is 4.52. The van der Waals surface area contributed by atoms with E-state index in [1.165, 1.54) is 11.1 Å². The third-order valence-corrected chi connectivity index (χ3v) is 3.61. The van der Waals surface area contributed by atoms with Crippen LogP contribution in [0.25, 0.3) is 0 Å². The lowest BCUT2D eigenvalue weighted by Gasteiger charge is -2.25. The maximum atomic E-state index is 5.70. The van der Waals surface area contributed by atoms with E-state index >= 15 is 0 Å². The van der Waals surface area contributed by atoms with Gasteiger partial charge in [-0.25, -0.2) is 4.98 Å². The van der Waals surface area contributed by atoms with Crippen LogP contribution in [0.1, 0.15) is 37.8 Å². The van der Waals surface area contributed by atoms with Gasteiger partial charge in [0.1, 0.15) is 5.82 Å². The summed E-state index contributed by atoms with van der Waals surface area (Å²) in [5.74, 6) is 1.11. The van der Waals surface area contributed by atoms with Crippen LogP contribution in [0, 0.1) is 6.92 Å². The highest BCUT2D eigenvalue weighted by Crippen LogP contribution is 2.20. The van der Waals surface area contributed by atoms with E-state index in [1.54, 1.807) is 0 Å². The van der Waals surface area contributed by atoms with Gasteiger partial charge in [0, 0.05) is 32.4 Å². The number of pyridine rings is 1. The molecule has 0 saturated carbocycles. The minimum absolute atomic E-state index is 0.282. The number of nitrogens with zero attached hydrogens (tertiary/aromatic N) is 2. The van der Waals surface area contributed by atoms with Crippen LogP contribution in [-0.2, 0) is 11.3 Å². The molecular formula is C16H27N3O. The number of aromatic nitrogens is 1. The molecule has 0 aromatic carbocycles. The fourth-order valence-electron chi connectivity index (χ4n) is 2.65. The van der Waals surface area contributed by atoms with Gasteiger partial charge >= 0.3 is 0 Å². The predicted octanol–water partition coefficient (Wildman–Crippen LogP) is 2.50. The third-order valence-electron chi connectivity index (χ3n) is 3.61. The van der Waals surface area contributed by atoms with E-state index in [9.17, 15) is 0 Å². The summed E-state index contributed by atoms with van der Waals surface area (Å²) in [7, 11) is 0. The van der Waals surface area contributed by atoms with Crippen molar-refractivity contribution >= 4 is 5.82 Å². The molecular weight excluding hydrogens is 250 g/mol. The monoisotopic (exact) mass is 277 g/mol. The number of ether oxygens (including phenoxy) is 1. The van der Waals surface area contributed by atoms with Gasteiger partial charge in [0.05, 0.1) is 6.10 Å². The standard InChI is InChI=1S/C16H27N3O/c1-4-6-17-10-15-9-13(2)16(18-11-15)19-7-5-8-20-14(3)12-19/h9,11,14,17H,4-8,10,12H2,1-3H3. The first-order valence-electron chi connectivity index (χ1n) is 7.73. The molecule has 1 aromatic heterocycles. The molecule has 1 fully saturated rings. The van der Waals surface area contributed by atoms with Crippen LogP contribution in [0.3, 0.4) is 0 Å². The second-order valence-electron chi connectivity index (χ2n) is 5.64. The van der Waals surface area contributed by atoms with Crippen molar-refractivity contribution in [1.29, 1.82) is 0 Å². The Morgan fingerprint density at radius 2 is 2.35 bits per heavy atom. The second-order valence-corrected chi connectivity index (χ2v) is 5.64. The first kappa shape index (κ1) is 15.3. The normalized spacial score (nSPS) is 19.9. The van der Waals surface area contributed by atoms with Gasteiger partial charge in [-0.05, 0) is 50.4 Å². The van der Waals surface area contributed by atoms with Crippen molar-refractivity contribution in [1.82, 2.24) is 10.3 Å². The van der Waals surface area contributed by atoms with E-state index in [4.69, 9.17) is 4.74 Å². The van der Waals surface area contributed by atoms with Crippen molar-refractivity contribution in [2.75, 3.05) is 31.1 Å². The molecule has 1 N–H and O–H groups in total. The molecule has 0 bridgehead atoms. The summed E-state index contributed by atoms with van der Waals surface area (Å²) in [4.78, 5) is 7.04. The van der Waals surface area contributed by atoms with E-state index in [2.05, 4.69) is 42.0 Å². The van der Waals surface area contributed by atoms with E-state index in [0.717, 1.165) is 51.4 Å². The molecule has 1 saturated heterocycles. The Morgan fingerprint density at radius 3 is 3.10 bits per heavy atom. The minimum atomic E-state index is 0.282. The van der Waals surface area contributed by atoms with Gasteiger partial charge in [-0.3, -0.25) is 0 Å². The van der Waals surface area contributed by atoms with Crippen LogP contribution in [0.2, 0.25) is 0 Å². The Kier molecular flexibility index (Phi) is 5.80. The molecule has 1 atom stereocenters. The summed E-state index contributed by atoms with van der Waals surface area (Å²) in [6.45, 7) is 11.3. The minimum Gasteiger partial charge on any atom is -0.377 e. The van der Waals surface area contributed by atoms with Crippen LogP contribution >= 0.6 is 0 Å². The SMILES string of the molecule is CCCNCc1cnc(N2CCCOC(C)C2)c(C)c1. The molecule has 1 aromatic rings. The van der Waals surface area contributed by atoms with Gasteiger partial charge in [-0.1, -0.05) is 6.92 Å². The van der Waals surface area contributed by atoms with Crippen LogP contribution in [-0.4, -0.2) is 37.3 Å². The number of rotatable bonds is 5. The van der Waals surface area contributed by atoms with E-state index in [0.29, 0.717) is 0 Å². The fourth-order valence-corrected chi connectivity index (χ4v) is 2.65. The second kappa shape index (κ2) is 7.60. The summed E-state index contributed by atoms with van der Waals surface area (Å²) in [6, 6.07) is 2.25. The smallest absolute Gasteiger partial charge is 0.131 e. The molecule has 2 rings (SSSR count). The molecule has 1 aliphatic heterocycles. The molecule has 20 heavy (non-hydrogen) atoms. The van der Waals surface area contributed by atoms with E-state index < -0.39 is 0 Å². The maximum Gasteiger partial charge on any atom is 0.131 e. The van der Waals surface area contributed by atoms with Gasteiger partial charge in [0.15, 0.2) is 0 Å². The largest absolute Gasteiger partial charge is 0.377 e. The maximum absolute atomic E-state index is 5.70. The van der Waals surface area contributed by atoms with Crippen molar-refractivity contribution in [2.24, 2.45) is 0 Å². The first-order valence-corrected chi connectivity index (χ1v) is 7.73. The molecule has 2 heterocycles.